The third-order valence-corrected chi connectivity index (χ3v) is 5.90. The fraction of sp³-hybridized carbons (Fsp3) is 0.400. The average Bonchev–Trinajstić information content (AvgIpc) is 3.50. The first-order valence-corrected chi connectivity index (χ1v) is 11.5. The number of hydrogen-bond acceptors (Lipinski definition) is 7. The van der Waals surface area contributed by atoms with Crippen LogP contribution < -0.4 is 10.6 Å². The van der Waals surface area contributed by atoms with Gasteiger partial charge in [-0.2, -0.15) is 0 Å². The lowest BCUT2D eigenvalue weighted by Gasteiger charge is -2.13. The van der Waals surface area contributed by atoms with Crippen LogP contribution in [0.25, 0.3) is 11.0 Å². The molecule has 0 spiro atoms. The summed E-state index contributed by atoms with van der Waals surface area (Å²) >= 11 is 0. The predicted molar refractivity (Wildman–Crippen MR) is 129 cm³/mol. The highest BCUT2D eigenvalue weighted by Gasteiger charge is 2.30. The Labute approximate surface area is 198 Å². The molecule has 180 valence electrons. The highest BCUT2D eigenvalue weighted by atomic mass is 16.5. The van der Waals surface area contributed by atoms with E-state index in [1.54, 1.807) is 10.8 Å². The Balaban J connectivity index is 1.80. The highest BCUT2D eigenvalue weighted by Crippen LogP contribution is 2.33. The molecule has 1 aliphatic heterocycles. The third kappa shape index (κ3) is 5.05. The van der Waals surface area contributed by atoms with Crippen LogP contribution in [-0.2, 0) is 27.2 Å². The second kappa shape index (κ2) is 10.7. The number of nitrogens with zero attached hydrogens (tertiary/aromatic N) is 2. The number of aryl methyl sites for hydroxylation is 2. The number of fused-ring (bicyclic) bond motifs is 1. The van der Waals surface area contributed by atoms with Crippen LogP contribution in [0.3, 0.4) is 0 Å². The topological polar surface area (TPSA) is 115 Å². The maximum absolute atomic E-state index is 13.0. The summed E-state index contributed by atoms with van der Waals surface area (Å²) in [5, 5.41) is 16.1. The van der Waals surface area contributed by atoms with Crippen LogP contribution in [0, 0.1) is 0 Å². The summed E-state index contributed by atoms with van der Waals surface area (Å²) in [6, 6.07) is 11.6. The molecule has 0 radical (unpaired) electrons. The van der Waals surface area contributed by atoms with E-state index in [2.05, 4.69) is 15.6 Å². The minimum absolute atomic E-state index is 0.0495. The van der Waals surface area contributed by atoms with Gasteiger partial charge in [-0.1, -0.05) is 30.3 Å². The molecule has 3 N–H and O–H groups in total. The molecule has 1 amide bonds. The summed E-state index contributed by atoms with van der Waals surface area (Å²) in [5.74, 6) is -0.862. The predicted octanol–water partition coefficient (Wildman–Crippen LogP) is 2.98. The zero-order valence-corrected chi connectivity index (χ0v) is 19.4. The lowest BCUT2D eigenvalue weighted by atomic mass is 10.1. The summed E-state index contributed by atoms with van der Waals surface area (Å²) < 4.78 is 12.4. The Morgan fingerprint density at radius 3 is 2.79 bits per heavy atom. The van der Waals surface area contributed by atoms with Gasteiger partial charge in [0.2, 0.25) is 0 Å². The Hall–Kier alpha value is -3.43. The molecular weight excluding hydrogens is 436 g/mol. The Kier molecular flexibility index (Phi) is 7.44. The quantitative estimate of drug-likeness (QED) is 0.415. The van der Waals surface area contributed by atoms with Gasteiger partial charge in [0, 0.05) is 24.6 Å². The molecule has 3 heterocycles. The number of benzene rings is 1. The van der Waals surface area contributed by atoms with Crippen LogP contribution in [0.5, 0.6) is 0 Å². The van der Waals surface area contributed by atoms with Crippen molar-refractivity contribution in [1.29, 1.82) is 0 Å². The molecule has 2 unspecified atom stereocenters. The Bertz CT molecular complexity index is 1160. The molecule has 9 nitrogen and oxygen atoms in total. The van der Waals surface area contributed by atoms with E-state index in [1.807, 2.05) is 43.3 Å². The van der Waals surface area contributed by atoms with Crippen LogP contribution >= 0.6 is 0 Å². The van der Waals surface area contributed by atoms with Gasteiger partial charge in [-0.25, -0.2) is 9.78 Å². The monoisotopic (exact) mass is 466 g/mol. The fourth-order valence-electron chi connectivity index (χ4n) is 4.16. The summed E-state index contributed by atoms with van der Waals surface area (Å²) in [4.78, 5) is 30.5. The molecule has 0 saturated carbocycles. The molecule has 34 heavy (non-hydrogen) atoms. The van der Waals surface area contributed by atoms with Crippen LogP contribution in [0.2, 0.25) is 0 Å². The standard InChI is InChI=1S/C25H30N4O5/c1-16(15-30)27-18-13-19-21(28-24(31)20-9-6-12-34-20)22(25(32)33-2)29(23(19)26-14-18)11-10-17-7-4-3-5-8-17/h3-5,7-8,13-14,16,20,27,30H,6,9-12,15H2,1-2H3,(H,28,31). The number of hydrogen-bond donors (Lipinski definition) is 3. The van der Waals surface area contributed by atoms with Gasteiger partial charge in [-0.15, -0.1) is 0 Å². The van der Waals surface area contributed by atoms with Gasteiger partial charge in [0.1, 0.15) is 11.8 Å². The lowest BCUT2D eigenvalue weighted by Crippen LogP contribution is -2.28. The molecule has 0 aliphatic carbocycles. The zero-order valence-electron chi connectivity index (χ0n) is 19.4. The first-order chi connectivity index (χ1) is 16.5. The number of methoxy groups -OCH3 is 1. The molecule has 1 fully saturated rings. The Morgan fingerprint density at radius 2 is 2.12 bits per heavy atom. The van der Waals surface area contributed by atoms with Crippen molar-refractivity contribution in [1.82, 2.24) is 9.55 Å². The molecule has 0 bridgehead atoms. The molecule has 9 heteroatoms. The number of pyridine rings is 1. The summed E-state index contributed by atoms with van der Waals surface area (Å²) in [5.41, 5.74) is 2.92. The van der Waals surface area contributed by atoms with Crippen molar-refractivity contribution in [3.05, 3.63) is 53.9 Å². The number of carbonyl (C=O) groups is 2. The van der Waals surface area contributed by atoms with E-state index in [4.69, 9.17) is 9.47 Å². The highest BCUT2D eigenvalue weighted by molar-refractivity contribution is 6.12. The second-order valence-corrected chi connectivity index (χ2v) is 8.42. The molecule has 1 aromatic carbocycles. The van der Waals surface area contributed by atoms with Crippen molar-refractivity contribution in [3.8, 4) is 0 Å². The number of rotatable bonds is 9. The molecule has 3 aromatic rings. The van der Waals surface area contributed by atoms with Gasteiger partial charge in [0.25, 0.3) is 5.91 Å². The van der Waals surface area contributed by atoms with E-state index in [9.17, 15) is 14.7 Å². The summed E-state index contributed by atoms with van der Waals surface area (Å²) in [7, 11) is 1.32. The van der Waals surface area contributed by atoms with Crippen molar-refractivity contribution >= 4 is 34.3 Å². The van der Waals surface area contributed by atoms with Crippen molar-refractivity contribution in [2.75, 3.05) is 31.0 Å². The van der Waals surface area contributed by atoms with E-state index in [-0.39, 0.29) is 24.2 Å². The molecule has 2 aromatic heterocycles. The number of anilines is 2. The van der Waals surface area contributed by atoms with Crippen LogP contribution in [-0.4, -0.2) is 59.0 Å². The van der Waals surface area contributed by atoms with Crippen molar-refractivity contribution in [2.24, 2.45) is 0 Å². The van der Waals surface area contributed by atoms with Crippen LogP contribution in [0.15, 0.2) is 42.6 Å². The van der Waals surface area contributed by atoms with Gasteiger partial charge < -0.3 is 29.8 Å². The Morgan fingerprint density at radius 1 is 1.32 bits per heavy atom. The van der Waals surface area contributed by atoms with Gasteiger partial charge in [-0.05, 0) is 37.8 Å². The molecule has 2 atom stereocenters. The van der Waals surface area contributed by atoms with Gasteiger partial charge in [-0.3, -0.25) is 4.79 Å². The van der Waals surface area contributed by atoms with Crippen molar-refractivity contribution in [2.45, 2.75) is 44.9 Å². The number of amides is 1. The third-order valence-electron chi connectivity index (χ3n) is 5.90. The maximum Gasteiger partial charge on any atom is 0.356 e. The summed E-state index contributed by atoms with van der Waals surface area (Å²) in [6.45, 7) is 2.80. The van der Waals surface area contributed by atoms with Gasteiger partial charge in [0.15, 0.2) is 5.69 Å². The smallest absolute Gasteiger partial charge is 0.356 e. The van der Waals surface area contributed by atoms with Crippen molar-refractivity contribution < 1.29 is 24.2 Å². The van der Waals surface area contributed by atoms with Gasteiger partial charge >= 0.3 is 5.97 Å². The van der Waals surface area contributed by atoms with Gasteiger partial charge in [0.05, 0.1) is 31.3 Å². The van der Waals surface area contributed by atoms with E-state index in [0.29, 0.717) is 48.4 Å². The first kappa shape index (κ1) is 23.7. The van der Waals surface area contributed by atoms with Crippen LogP contribution in [0.4, 0.5) is 11.4 Å². The van der Waals surface area contributed by atoms with E-state index in [1.165, 1.54) is 7.11 Å². The lowest BCUT2D eigenvalue weighted by molar-refractivity contribution is -0.124. The minimum atomic E-state index is -0.563. The van der Waals surface area contributed by atoms with Crippen molar-refractivity contribution in [3.63, 3.8) is 0 Å². The van der Waals surface area contributed by atoms with Crippen LogP contribution in [0.1, 0.15) is 35.8 Å². The number of esters is 1. The first-order valence-electron chi connectivity index (χ1n) is 11.5. The second-order valence-electron chi connectivity index (χ2n) is 8.42. The SMILES string of the molecule is COC(=O)c1c(NC(=O)C2CCCO2)c2cc(NC(C)CO)cnc2n1CCc1ccccc1. The largest absolute Gasteiger partial charge is 0.464 e. The van der Waals surface area contributed by atoms with E-state index in [0.717, 1.165) is 12.0 Å². The molecule has 1 aliphatic rings. The zero-order chi connectivity index (χ0) is 24.1. The molecular formula is C25H30N4O5. The number of ether oxygens (including phenoxy) is 2. The molecule has 1 saturated heterocycles. The van der Waals surface area contributed by atoms with E-state index < -0.39 is 12.1 Å². The summed E-state index contributed by atoms with van der Waals surface area (Å²) in [6.07, 6.45) is 3.20. The number of aliphatic hydroxyl groups is 1. The van der Waals surface area contributed by atoms with E-state index >= 15 is 0 Å². The number of nitrogens with one attached hydrogen (secondary N) is 2. The maximum atomic E-state index is 13.0. The normalized spacial score (nSPS) is 16.4. The molecule has 4 rings (SSSR count). The number of aliphatic hydroxyl groups excluding tert-OH is 1. The number of carbonyl (C=O) groups excluding carboxylic acids is 2. The average molecular weight is 467 g/mol. The number of aromatic nitrogens is 2. The minimum Gasteiger partial charge on any atom is -0.464 e. The fourth-order valence-corrected chi connectivity index (χ4v) is 4.16.